The van der Waals surface area contributed by atoms with Crippen molar-refractivity contribution in [1.29, 1.82) is 0 Å². The molecule has 0 bridgehead atoms. The van der Waals surface area contributed by atoms with Crippen molar-refractivity contribution < 1.29 is 0 Å². The van der Waals surface area contributed by atoms with E-state index in [1.807, 2.05) is 0 Å². The Morgan fingerprint density at radius 2 is 1.83 bits per heavy atom. The van der Waals surface area contributed by atoms with Crippen LogP contribution in [0.25, 0.3) is 6.08 Å². The lowest BCUT2D eigenvalue weighted by Crippen LogP contribution is -1.83. The van der Waals surface area contributed by atoms with Gasteiger partial charge in [-0.1, -0.05) is 56.0 Å². The van der Waals surface area contributed by atoms with E-state index in [0.717, 1.165) is 6.42 Å². The number of hydrogen-bond acceptors (Lipinski definition) is 0. The highest BCUT2D eigenvalue weighted by molar-refractivity contribution is 5.57. The Hall–Kier alpha value is -1.30. The molecule has 0 fully saturated rings. The number of allylic oxidation sites excluding steroid dienone is 3. The molecule has 1 aliphatic carbocycles. The van der Waals surface area contributed by atoms with Gasteiger partial charge in [-0.15, -0.1) is 0 Å². The van der Waals surface area contributed by atoms with Crippen molar-refractivity contribution in [3.63, 3.8) is 0 Å². The predicted octanol–water partition coefficient (Wildman–Crippen LogP) is 3.45. The molecule has 62 valence electrons. The van der Waals surface area contributed by atoms with Crippen LogP contribution < -0.4 is 0 Å². The molecule has 0 amide bonds. The molecule has 0 saturated heterocycles. The first-order valence-corrected chi connectivity index (χ1v) is 3.88. The SMILES string of the molecule is C.C1=CCc2ccccc2C=C1. The molecule has 0 aliphatic heterocycles. The van der Waals surface area contributed by atoms with Crippen LogP contribution in [0.1, 0.15) is 18.6 Å². The molecule has 1 aromatic rings. The minimum atomic E-state index is 0. The van der Waals surface area contributed by atoms with Gasteiger partial charge < -0.3 is 0 Å². The zero-order valence-electron chi connectivity index (χ0n) is 6.33. The number of rotatable bonds is 0. The summed E-state index contributed by atoms with van der Waals surface area (Å²) in [5.74, 6) is 0. The molecule has 0 nitrogen and oxygen atoms in total. The van der Waals surface area contributed by atoms with E-state index in [2.05, 4.69) is 48.6 Å². The highest BCUT2D eigenvalue weighted by Crippen LogP contribution is 2.14. The molecule has 0 N–H and O–H groups in total. The number of hydrogen-bond donors (Lipinski definition) is 0. The monoisotopic (exact) mass is 158 g/mol. The van der Waals surface area contributed by atoms with Crippen LogP contribution in [0.3, 0.4) is 0 Å². The van der Waals surface area contributed by atoms with E-state index >= 15 is 0 Å². The third-order valence-corrected chi connectivity index (χ3v) is 1.92. The van der Waals surface area contributed by atoms with Gasteiger partial charge in [0.2, 0.25) is 0 Å². The fourth-order valence-electron chi connectivity index (χ4n) is 1.32. The lowest BCUT2D eigenvalue weighted by Gasteiger charge is -1.99. The summed E-state index contributed by atoms with van der Waals surface area (Å²) in [6, 6.07) is 8.49. The van der Waals surface area contributed by atoms with Gasteiger partial charge in [0.05, 0.1) is 0 Å². The van der Waals surface area contributed by atoms with Gasteiger partial charge >= 0.3 is 0 Å². The van der Waals surface area contributed by atoms with Crippen LogP contribution in [-0.2, 0) is 6.42 Å². The molecule has 0 aromatic heterocycles. The fraction of sp³-hybridized carbons (Fsp3) is 0.167. The molecule has 0 radical (unpaired) electrons. The van der Waals surface area contributed by atoms with Gasteiger partial charge in [-0.2, -0.15) is 0 Å². The second-order valence-electron chi connectivity index (χ2n) is 2.69. The molecule has 0 atom stereocenters. The van der Waals surface area contributed by atoms with E-state index in [1.54, 1.807) is 0 Å². The third kappa shape index (κ3) is 1.65. The summed E-state index contributed by atoms with van der Waals surface area (Å²) in [4.78, 5) is 0. The zero-order chi connectivity index (χ0) is 7.52. The highest BCUT2D eigenvalue weighted by atomic mass is 14.0. The summed E-state index contributed by atoms with van der Waals surface area (Å²) in [6.45, 7) is 0. The van der Waals surface area contributed by atoms with E-state index in [9.17, 15) is 0 Å². The fourth-order valence-corrected chi connectivity index (χ4v) is 1.32. The molecular weight excluding hydrogens is 144 g/mol. The first-order valence-electron chi connectivity index (χ1n) is 3.88. The molecule has 2 rings (SSSR count). The first kappa shape index (κ1) is 8.79. The average Bonchev–Trinajstić information content (AvgIpc) is 2.28. The standard InChI is InChI=1S/C11H10.CH4/c1-2-6-10-8-4-5-9-11(10)7-3-1;/h1-6,8-9H,7H2;1H4. The predicted molar refractivity (Wildman–Crippen MR) is 55.1 cm³/mol. The van der Waals surface area contributed by atoms with Crippen LogP contribution in [-0.4, -0.2) is 0 Å². The van der Waals surface area contributed by atoms with Crippen molar-refractivity contribution in [2.24, 2.45) is 0 Å². The number of fused-ring (bicyclic) bond motifs is 1. The van der Waals surface area contributed by atoms with Crippen LogP contribution in [0.5, 0.6) is 0 Å². The summed E-state index contributed by atoms with van der Waals surface area (Å²) < 4.78 is 0. The Bertz CT molecular complexity index is 306. The van der Waals surface area contributed by atoms with E-state index in [1.165, 1.54) is 11.1 Å². The van der Waals surface area contributed by atoms with Crippen molar-refractivity contribution in [3.05, 3.63) is 53.6 Å². The van der Waals surface area contributed by atoms with E-state index in [0.29, 0.717) is 0 Å². The van der Waals surface area contributed by atoms with Crippen LogP contribution in [0.15, 0.2) is 42.5 Å². The molecule has 0 heteroatoms. The summed E-state index contributed by atoms with van der Waals surface area (Å²) in [6.07, 6.45) is 9.58. The maximum absolute atomic E-state index is 2.18. The summed E-state index contributed by atoms with van der Waals surface area (Å²) in [5, 5.41) is 0. The van der Waals surface area contributed by atoms with Gasteiger partial charge in [0, 0.05) is 0 Å². The van der Waals surface area contributed by atoms with E-state index < -0.39 is 0 Å². The second kappa shape index (κ2) is 3.91. The second-order valence-corrected chi connectivity index (χ2v) is 2.69. The molecule has 12 heavy (non-hydrogen) atoms. The van der Waals surface area contributed by atoms with Gasteiger partial charge in [0.25, 0.3) is 0 Å². The van der Waals surface area contributed by atoms with Crippen molar-refractivity contribution >= 4 is 6.08 Å². The third-order valence-electron chi connectivity index (χ3n) is 1.92. The largest absolute Gasteiger partial charge is 0.0801 e. The molecule has 0 heterocycles. The quantitative estimate of drug-likeness (QED) is 0.542. The summed E-state index contributed by atoms with van der Waals surface area (Å²) >= 11 is 0. The van der Waals surface area contributed by atoms with Gasteiger partial charge in [-0.25, -0.2) is 0 Å². The number of benzene rings is 1. The molecule has 0 saturated carbocycles. The Morgan fingerprint density at radius 3 is 2.75 bits per heavy atom. The Morgan fingerprint density at radius 1 is 1.00 bits per heavy atom. The Kier molecular flexibility index (Phi) is 2.87. The van der Waals surface area contributed by atoms with Crippen LogP contribution >= 0.6 is 0 Å². The molecular formula is C12H14. The smallest absolute Gasteiger partial charge is 0.00884 e. The van der Waals surface area contributed by atoms with Crippen molar-refractivity contribution in [2.75, 3.05) is 0 Å². The lowest BCUT2D eigenvalue weighted by molar-refractivity contribution is 1.27. The Balaban J connectivity index is 0.000000720. The lowest BCUT2D eigenvalue weighted by atomic mass is 10.1. The van der Waals surface area contributed by atoms with Crippen molar-refractivity contribution in [3.8, 4) is 0 Å². The minimum Gasteiger partial charge on any atom is -0.0801 e. The van der Waals surface area contributed by atoms with E-state index in [4.69, 9.17) is 0 Å². The van der Waals surface area contributed by atoms with Gasteiger partial charge in [0.1, 0.15) is 0 Å². The summed E-state index contributed by atoms with van der Waals surface area (Å²) in [5.41, 5.74) is 2.76. The maximum atomic E-state index is 2.18. The zero-order valence-corrected chi connectivity index (χ0v) is 6.33. The van der Waals surface area contributed by atoms with Gasteiger partial charge in [-0.3, -0.25) is 0 Å². The average molecular weight is 158 g/mol. The summed E-state index contributed by atoms with van der Waals surface area (Å²) in [7, 11) is 0. The highest BCUT2D eigenvalue weighted by Gasteiger charge is 1.96. The molecule has 1 aromatic carbocycles. The topological polar surface area (TPSA) is 0 Å². The van der Waals surface area contributed by atoms with Crippen LogP contribution in [0.2, 0.25) is 0 Å². The molecule has 0 spiro atoms. The maximum Gasteiger partial charge on any atom is -0.00884 e. The Labute approximate surface area is 74.2 Å². The van der Waals surface area contributed by atoms with Gasteiger partial charge in [-0.05, 0) is 17.5 Å². The molecule has 1 aliphatic rings. The van der Waals surface area contributed by atoms with Crippen molar-refractivity contribution in [1.82, 2.24) is 0 Å². The van der Waals surface area contributed by atoms with E-state index in [-0.39, 0.29) is 7.43 Å². The minimum absolute atomic E-state index is 0. The first-order chi connectivity index (χ1) is 5.47. The molecule has 0 unspecified atom stereocenters. The normalized spacial score (nSPS) is 13.0. The van der Waals surface area contributed by atoms with Gasteiger partial charge in [0.15, 0.2) is 0 Å². The van der Waals surface area contributed by atoms with Crippen LogP contribution in [0, 0.1) is 0 Å². The van der Waals surface area contributed by atoms with Crippen LogP contribution in [0.4, 0.5) is 0 Å². The van der Waals surface area contributed by atoms with Crippen molar-refractivity contribution in [2.45, 2.75) is 13.8 Å².